The van der Waals surface area contributed by atoms with Crippen LogP contribution < -0.4 is 15.4 Å². The number of hydrogen-bond acceptors (Lipinski definition) is 4. The molecule has 0 saturated carbocycles. The van der Waals surface area contributed by atoms with Crippen molar-refractivity contribution in [2.75, 3.05) is 25.6 Å². The van der Waals surface area contributed by atoms with Crippen molar-refractivity contribution in [1.29, 1.82) is 0 Å². The normalized spacial score (nSPS) is 11.5. The first kappa shape index (κ1) is 20.7. The summed E-state index contributed by atoms with van der Waals surface area (Å²) < 4.78 is 10.7. The molecule has 0 heterocycles. The molecule has 0 fully saturated rings. The van der Waals surface area contributed by atoms with Gasteiger partial charge in [0.1, 0.15) is 5.75 Å². The topological polar surface area (TPSA) is 76.7 Å². The maximum Gasteiger partial charge on any atom is 0.265 e. The zero-order chi connectivity index (χ0) is 19.6. The van der Waals surface area contributed by atoms with E-state index in [1.165, 1.54) is 0 Å². The molecule has 6 nitrogen and oxygen atoms in total. The van der Waals surface area contributed by atoms with Crippen molar-refractivity contribution in [1.82, 2.24) is 5.32 Å². The molecule has 0 aromatic heterocycles. The summed E-state index contributed by atoms with van der Waals surface area (Å²) in [5.74, 6) is -0.0637. The predicted octanol–water partition coefficient (Wildman–Crippen LogP) is 3.51. The second-order valence-corrected chi connectivity index (χ2v) is 6.19. The summed E-state index contributed by atoms with van der Waals surface area (Å²) >= 11 is 5.86. The molecule has 2 amide bonds. The molecule has 2 rings (SSSR count). The second kappa shape index (κ2) is 10.5. The molecule has 2 aromatic rings. The third-order valence-corrected chi connectivity index (χ3v) is 4.03. The molecule has 0 aliphatic carbocycles. The molecule has 2 aromatic carbocycles. The molecular weight excluding hydrogens is 368 g/mol. The van der Waals surface area contributed by atoms with Gasteiger partial charge in [0.05, 0.1) is 17.9 Å². The van der Waals surface area contributed by atoms with Gasteiger partial charge in [-0.05, 0) is 42.8 Å². The average Bonchev–Trinajstić information content (AvgIpc) is 2.68. The molecule has 0 bridgehead atoms. The Morgan fingerprint density at radius 1 is 1.11 bits per heavy atom. The van der Waals surface area contributed by atoms with Crippen molar-refractivity contribution in [2.45, 2.75) is 19.4 Å². The van der Waals surface area contributed by atoms with E-state index in [9.17, 15) is 9.59 Å². The molecule has 0 aliphatic heterocycles. The smallest absolute Gasteiger partial charge is 0.265 e. The lowest BCUT2D eigenvalue weighted by molar-refractivity contribution is -0.122. The van der Waals surface area contributed by atoms with Crippen LogP contribution >= 0.6 is 11.6 Å². The summed E-state index contributed by atoms with van der Waals surface area (Å²) in [6, 6.07) is 13.6. The van der Waals surface area contributed by atoms with Gasteiger partial charge in [0.15, 0.2) is 6.10 Å². The number of nitrogens with one attached hydrogen (secondary N) is 2. The SMILES string of the molecule is CCC(Oc1ccc(Cl)cc1)C(=O)Nc1ccccc1C(=O)NCCOC. The standard InChI is InChI=1S/C20H23ClN2O4/c1-3-18(27-15-10-8-14(21)9-11-15)20(25)23-17-7-5-4-6-16(17)19(24)22-12-13-26-2/h4-11,18H,3,12-13H2,1-2H3,(H,22,24)(H,23,25). The Kier molecular flexibility index (Phi) is 8.10. The van der Waals surface area contributed by atoms with Gasteiger partial charge < -0.3 is 20.1 Å². The van der Waals surface area contributed by atoms with Crippen molar-refractivity contribution in [2.24, 2.45) is 0 Å². The lowest BCUT2D eigenvalue weighted by Crippen LogP contribution is -2.34. The molecule has 0 saturated heterocycles. The van der Waals surface area contributed by atoms with Gasteiger partial charge >= 0.3 is 0 Å². The van der Waals surface area contributed by atoms with E-state index in [1.54, 1.807) is 55.6 Å². The fourth-order valence-corrected chi connectivity index (χ4v) is 2.49. The summed E-state index contributed by atoms with van der Waals surface area (Å²) in [4.78, 5) is 25.0. The quantitative estimate of drug-likeness (QED) is 0.642. The molecule has 1 unspecified atom stereocenters. The monoisotopic (exact) mass is 390 g/mol. The number of amides is 2. The van der Waals surface area contributed by atoms with Gasteiger partial charge in [-0.25, -0.2) is 0 Å². The average molecular weight is 391 g/mol. The van der Waals surface area contributed by atoms with Crippen LogP contribution in [0.15, 0.2) is 48.5 Å². The van der Waals surface area contributed by atoms with E-state index in [1.807, 2.05) is 6.92 Å². The number of rotatable bonds is 9. The van der Waals surface area contributed by atoms with Crippen molar-refractivity contribution >= 4 is 29.1 Å². The fraction of sp³-hybridized carbons (Fsp3) is 0.300. The van der Waals surface area contributed by atoms with Crippen LogP contribution in [0, 0.1) is 0 Å². The van der Waals surface area contributed by atoms with Crippen molar-refractivity contribution in [3.8, 4) is 5.75 Å². The highest BCUT2D eigenvalue weighted by molar-refractivity contribution is 6.30. The van der Waals surface area contributed by atoms with Crippen LogP contribution in [0.1, 0.15) is 23.7 Å². The van der Waals surface area contributed by atoms with E-state index >= 15 is 0 Å². The highest BCUT2D eigenvalue weighted by Gasteiger charge is 2.21. The zero-order valence-electron chi connectivity index (χ0n) is 15.3. The lowest BCUT2D eigenvalue weighted by Gasteiger charge is -2.18. The number of ether oxygens (including phenoxy) is 2. The van der Waals surface area contributed by atoms with Crippen molar-refractivity contribution in [3.05, 3.63) is 59.1 Å². The van der Waals surface area contributed by atoms with Gasteiger partial charge in [-0.15, -0.1) is 0 Å². The van der Waals surface area contributed by atoms with Gasteiger partial charge in [0.25, 0.3) is 11.8 Å². The van der Waals surface area contributed by atoms with Gasteiger partial charge in [-0.3, -0.25) is 9.59 Å². The van der Waals surface area contributed by atoms with Crippen LogP contribution in [0.4, 0.5) is 5.69 Å². The predicted molar refractivity (Wildman–Crippen MR) is 105 cm³/mol. The Morgan fingerprint density at radius 2 is 1.81 bits per heavy atom. The van der Waals surface area contributed by atoms with Crippen LogP contribution in [0.5, 0.6) is 5.75 Å². The number of methoxy groups -OCH3 is 1. The molecule has 2 N–H and O–H groups in total. The van der Waals surface area contributed by atoms with Gasteiger partial charge in [0, 0.05) is 18.7 Å². The van der Waals surface area contributed by atoms with E-state index in [0.717, 1.165) is 0 Å². The van der Waals surface area contributed by atoms with Crippen LogP contribution in [0.3, 0.4) is 0 Å². The minimum Gasteiger partial charge on any atom is -0.481 e. The lowest BCUT2D eigenvalue weighted by atomic mass is 10.1. The Balaban J connectivity index is 2.07. The van der Waals surface area contributed by atoms with Crippen LogP contribution in [-0.2, 0) is 9.53 Å². The first-order chi connectivity index (χ1) is 13.0. The number of carbonyl (C=O) groups excluding carboxylic acids is 2. The summed E-state index contributed by atoms with van der Waals surface area (Å²) in [5.41, 5.74) is 0.805. The molecule has 7 heteroatoms. The van der Waals surface area contributed by atoms with Crippen LogP contribution in [0.25, 0.3) is 0 Å². The van der Waals surface area contributed by atoms with Crippen molar-refractivity contribution < 1.29 is 19.1 Å². The van der Waals surface area contributed by atoms with E-state index < -0.39 is 6.10 Å². The molecule has 0 spiro atoms. The van der Waals surface area contributed by atoms with Gasteiger partial charge in [-0.2, -0.15) is 0 Å². The van der Waals surface area contributed by atoms with E-state index in [-0.39, 0.29) is 11.8 Å². The first-order valence-electron chi connectivity index (χ1n) is 8.64. The number of carbonyl (C=O) groups is 2. The molecular formula is C20H23ClN2O4. The minimum absolute atomic E-state index is 0.283. The zero-order valence-corrected chi connectivity index (χ0v) is 16.1. The first-order valence-corrected chi connectivity index (χ1v) is 9.02. The summed E-state index contributed by atoms with van der Waals surface area (Å²) in [6.07, 6.45) is -0.229. The van der Waals surface area contributed by atoms with Gasteiger partial charge in [-0.1, -0.05) is 30.7 Å². The second-order valence-electron chi connectivity index (χ2n) is 5.75. The number of anilines is 1. The number of hydrogen-bond donors (Lipinski definition) is 2. The van der Waals surface area contributed by atoms with E-state index in [0.29, 0.717) is 41.6 Å². The Morgan fingerprint density at radius 3 is 2.48 bits per heavy atom. The molecule has 0 aliphatic rings. The summed E-state index contributed by atoms with van der Waals surface area (Å²) in [5, 5.41) is 6.12. The van der Waals surface area contributed by atoms with Crippen molar-refractivity contribution in [3.63, 3.8) is 0 Å². The van der Waals surface area contributed by atoms with Gasteiger partial charge in [0.2, 0.25) is 0 Å². The minimum atomic E-state index is -0.698. The van der Waals surface area contributed by atoms with Crippen LogP contribution in [0.2, 0.25) is 5.02 Å². The Labute approximate surface area is 163 Å². The third kappa shape index (κ3) is 6.27. The molecule has 144 valence electrons. The highest BCUT2D eigenvalue weighted by atomic mass is 35.5. The Bertz CT molecular complexity index is 765. The maximum absolute atomic E-state index is 12.6. The molecule has 1 atom stereocenters. The number of halogens is 1. The molecule has 27 heavy (non-hydrogen) atoms. The summed E-state index contributed by atoms with van der Waals surface area (Å²) in [7, 11) is 1.56. The van der Waals surface area contributed by atoms with E-state index in [4.69, 9.17) is 21.1 Å². The largest absolute Gasteiger partial charge is 0.481 e. The van der Waals surface area contributed by atoms with E-state index in [2.05, 4.69) is 10.6 Å². The number of benzene rings is 2. The maximum atomic E-state index is 12.6. The highest BCUT2D eigenvalue weighted by Crippen LogP contribution is 2.20. The van der Waals surface area contributed by atoms with Crippen LogP contribution in [-0.4, -0.2) is 38.2 Å². The Hall–Kier alpha value is -2.57. The third-order valence-electron chi connectivity index (χ3n) is 3.78. The summed E-state index contributed by atoms with van der Waals surface area (Å²) in [6.45, 7) is 2.64. The fourth-order valence-electron chi connectivity index (χ4n) is 2.36. The number of para-hydroxylation sites is 1. The molecule has 0 radical (unpaired) electrons.